The highest BCUT2D eigenvalue weighted by atomic mass is 16.2. The molecule has 0 aromatic heterocycles. The van der Waals surface area contributed by atoms with E-state index in [0.29, 0.717) is 6.54 Å². The van der Waals surface area contributed by atoms with Crippen LogP contribution in [0, 0.1) is 5.92 Å². The highest BCUT2D eigenvalue weighted by Gasteiger charge is 2.52. The van der Waals surface area contributed by atoms with Crippen LogP contribution in [0.3, 0.4) is 0 Å². The van der Waals surface area contributed by atoms with Gasteiger partial charge in [0.15, 0.2) is 0 Å². The summed E-state index contributed by atoms with van der Waals surface area (Å²) in [5.41, 5.74) is 2.00. The summed E-state index contributed by atoms with van der Waals surface area (Å²) in [6.07, 6.45) is -0.585. The molecule has 2 fully saturated rings. The Morgan fingerprint density at radius 2 is 1.62 bits per heavy atom. The third-order valence-corrected chi connectivity index (χ3v) is 6.69. The molecule has 0 spiro atoms. The van der Waals surface area contributed by atoms with Crippen LogP contribution in [0.4, 0.5) is 4.79 Å². The van der Waals surface area contributed by atoms with Gasteiger partial charge in [-0.05, 0) is 24.0 Å². The molecule has 3 atom stereocenters. The third-order valence-electron chi connectivity index (χ3n) is 6.69. The molecule has 8 heteroatoms. The first kappa shape index (κ1) is 23.8. The maximum absolute atomic E-state index is 13.7. The molecule has 8 nitrogen and oxygen atoms in total. The normalized spacial score (nSPS) is 22.1. The lowest BCUT2D eigenvalue weighted by atomic mass is 9.94. The molecule has 2 heterocycles. The smallest absolute Gasteiger partial charge is 0.333 e. The first-order valence-corrected chi connectivity index (χ1v) is 11.8. The Kier molecular flexibility index (Phi) is 6.88. The van der Waals surface area contributed by atoms with E-state index in [-0.39, 0.29) is 42.9 Å². The van der Waals surface area contributed by atoms with E-state index in [1.54, 1.807) is 22.0 Å². The van der Waals surface area contributed by atoms with Crippen LogP contribution in [0.2, 0.25) is 0 Å². The van der Waals surface area contributed by atoms with E-state index in [1.807, 2.05) is 86.3 Å². The second-order valence-corrected chi connectivity index (χ2v) is 9.35. The number of carbonyl (C=O) groups is 3. The van der Waals surface area contributed by atoms with E-state index in [4.69, 9.17) is 0 Å². The lowest BCUT2D eigenvalue weighted by molar-refractivity contribution is -0.192. The van der Waals surface area contributed by atoms with E-state index >= 15 is 0 Å². The number of fused-ring (bicyclic) bond motifs is 1. The number of hydrogen-bond acceptors (Lipinski definition) is 4. The fourth-order valence-electron chi connectivity index (χ4n) is 4.94. The fraction of sp³-hybridized carbons (Fsp3) is 0.423. The molecular weight excluding hydrogens is 430 g/mol. The molecule has 2 saturated heterocycles. The van der Waals surface area contributed by atoms with Crippen LogP contribution in [0.1, 0.15) is 37.9 Å². The minimum Gasteiger partial charge on any atom is -0.333 e. The Balaban J connectivity index is 1.64. The van der Waals surface area contributed by atoms with Crippen molar-refractivity contribution in [2.45, 2.75) is 45.6 Å². The van der Waals surface area contributed by atoms with Crippen molar-refractivity contribution in [1.82, 2.24) is 25.1 Å². The molecule has 0 unspecified atom stereocenters. The van der Waals surface area contributed by atoms with Gasteiger partial charge < -0.3 is 15.1 Å². The van der Waals surface area contributed by atoms with Gasteiger partial charge in [-0.25, -0.2) is 14.8 Å². The molecular formula is C26H33N5O3. The Morgan fingerprint density at radius 1 is 1.00 bits per heavy atom. The summed E-state index contributed by atoms with van der Waals surface area (Å²) in [5.74, 6) is -0.314. The number of carbonyl (C=O) groups excluding carboxylic acids is 3. The number of nitrogens with zero attached hydrogens (tertiary/aromatic N) is 4. The maximum atomic E-state index is 13.7. The van der Waals surface area contributed by atoms with Crippen molar-refractivity contribution >= 4 is 17.8 Å². The molecule has 180 valence electrons. The van der Waals surface area contributed by atoms with Gasteiger partial charge in [0.25, 0.3) is 0 Å². The number of nitrogens with one attached hydrogen (secondary N) is 1. The third kappa shape index (κ3) is 4.50. The summed E-state index contributed by atoms with van der Waals surface area (Å²) in [4.78, 5) is 43.6. The van der Waals surface area contributed by atoms with E-state index < -0.39 is 12.2 Å². The van der Waals surface area contributed by atoms with Crippen LogP contribution in [0.15, 0.2) is 60.7 Å². The molecule has 0 aliphatic carbocycles. The number of benzene rings is 2. The highest BCUT2D eigenvalue weighted by Crippen LogP contribution is 2.33. The number of likely N-dealkylation sites (N-methyl/N-ethyl adjacent to an activating group) is 1. The van der Waals surface area contributed by atoms with Gasteiger partial charge in [0.05, 0.1) is 19.1 Å². The largest absolute Gasteiger partial charge is 0.334 e. The van der Waals surface area contributed by atoms with Crippen molar-refractivity contribution in [2.75, 3.05) is 20.1 Å². The highest BCUT2D eigenvalue weighted by molar-refractivity contribution is 5.91. The summed E-state index contributed by atoms with van der Waals surface area (Å²) in [7, 11) is 1.74. The molecule has 0 radical (unpaired) electrons. The molecule has 4 amide bonds. The first-order chi connectivity index (χ1) is 16.3. The summed E-state index contributed by atoms with van der Waals surface area (Å²) < 4.78 is 0. The minimum atomic E-state index is -0.629. The van der Waals surface area contributed by atoms with Crippen molar-refractivity contribution in [2.24, 2.45) is 5.92 Å². The SMILES string of the molecule is CC(C)[C@H]1C(=O)N([C@H](C)c2ccccc2)C[C@H]2N1C(=O)CN(C)N2C(=O)NCc1ccccc1. The average molecular weight is 464 g/mol. The van der Waals surface area contributed by atoms with E-state index in [2.05, 4.69) is 5.32 Å². The lowest BCUT2D eigenvalue weighted by Crippen LogP contribution is -2.76. The van der Waals surface area contributed by atoms with Gasteiger partial charge in [-0.1, -0.05) is 74.5 Å². The van der Waals surface area contributed by atoms with E-state index in [1.165, 1.54) is 0 Å². The Labute approximate surface area is 201 Å². The predicted molar refractivity (Wildman–Crippen MR) is 129 cm³/mol. The molecule has 0 saturated carbocycles. The van der Waals surface area contributed by atoms with Gasteiger partial charge in [0.1, 0.15) is 12.2 Å². The Hall–Kier alpha value is -3.39. The van der Waals surface area contributed by atoms with Crippen LogP contribution in [-0.4, -0.2) is 70.0 Å². The molecule has 2 aliphatic heterocycles. The van der Waals surface area contributed by atoms with Gasteiger partial charge in [0.2, 0.25) is 11.8 Å². The van der Waals surface area contributed by atoms with Gasteiger partial charge in [-0.2, -0.15) is 0 Å². The second-order valence-electron chi connectivity index (χ2n) is 9.35. The van der Waals surface area contributed by atoms with Crippen molar-refractivity contribution in [3.8, 4) is 0 Å². The van der Waals surface area contributed by atoms with Crippen LogP contribution < -0.4 is 5.32 Å². The van der Waals surface area contributed by atoms with E-state index in [0.717, 1.165) is 11.1 Å². The summed E-state index contributed by atoms with van der Waals surface area (Å²) in [6, 6.07) is 18.4. The molecule has 4 rings (SSSR count). The van der Waals surface area contributed by atoms with Crippen LogP contribution in [0.25, 0.3) is 0 Å². The standard InChI is InChI=1S/C26H33N5O3/c1-18(2)24-25(33)29(19(3)21-13-9-6-10-14-21)16-22-30(24)23(32)17-28(4)31(22)26(34)27-15-20-11-7-5-8-12-20/h5-14,18-19,22,24H,15-17H2,1-4H3,(H,27,34)/t19-,22+,24+/m1/s1. The van der Waals surface area contributed by atoms with Crippen molar-refractivity contribution < 1.29 is 14.4 Å². The summed E-state index contributed by atoms with van der Waals surface area (Å²) >= 11 is 0. The number of amides is 4. The average Bonchev–Trinajstić information content (AvgIpc) is 2.83. The topological polar surface area (TPSA) is 76.2 Å². The minimum absolute atomic E-state index is 0.0417. The van der Waals surface area contributed by atoms with Crippen LogP contribution in [0.5, 0.6) is 0 Å². The van der Waals surface area contributed by atoms with Crippen LogP contribution in [-0.2, 0) is 16.1 Å². The zero-order valence-electron chi connectivity index (χ0n) is 20.2. The van der Waals surface area contributed by atoms with Gasteiger partial charge >= 0.3 is 6.03 Å². The molecule has 0 bridgehead atoms. The van der Waals surface area contributed by atoms with Gasteiger partial charge in [-0.3, -0.25) is 9.59 Å². The zero-order valence-corrected chi connectivity index (χ0v) is 20.2. The predicted octanol–water partition coefficient (Wildman–Crippen LogP) is 2.84. The molecule has 1 N–H and O–H groups in total. The van der Waals surface area contributed by atoms with Crippen molar-refractivity contribution in [3.05, 3.63) is 71.8 Å². The lowest BCUT2D eigenvalue weighted by Gasteiger charge is -2.56. The molecule has 2 aromatic rings. The number of hydrogen-bond donors (Lipinski definition) is 1. The summed E-state index contributed by atoms with van der Waals surface area (Å²) in [5, 5.41) is 6.23. The first-order valence-electron chi connectivity index (χ1n) is 11.8. The molecule has 34 heavy (non-hydrogen) atoms. The number of hydrazine groups is 1. The van der Waals surface area contributed by atoms with E-state index in [9.17, 15) is 14.4 Å². The Bertz CT molecular complexity index is 1030. The Morgan fingerprint density at radius 3 is 2.24 bits per heavy atom. The number of piperazine rings is 1. The fourth-order valence-corrected chi connectivity index (χ4v) is 4.94. The maximum Gasteiger partial charge on any atom is 0.334 e. The van der Waals surface area contributed by atoms with Crippen LogP contribution >= 0.6 is 0 Å². The van der Waals surface area contributed by atoms with Crippen molar-refractivity contribution in [3.63, 3.8) is 0 Å². The summed E-state index contributed by atoms with van der Waals surface area (Å²) in [6.45, 7) is 6.55. The number of urea groups is 1. The second kappa shape index (κ2) is 9.85. The van der Waals surface area contributed by atoms with Gasteiger partial charge in [0, 0.05) is 13.6 Å². The van der Waals surface area contributed by atoms with Gasteiger partial charge in [-0.15, -0.1) is 0 Å². The zero-order chi connectivity index (χ0) is 24.4. The molecule has 2 aliphatic rings. The quantitative estimate of drug-likeness (QED) is 0.740. The monoisotopic (exact) mass is 463 g/mol. The molecule has 2 aromatic carbocycles. The number of rotatable bonds is 5. The van der Waals surface area contributed by atoms with Crippen molar-refractivity contribution in [1.29, 1.82) is 0 Å².